The Morgan fingerprint density at radius 2 is 2.18 bits per heavy atom. The third-order valence-electron chi connectivity index (χ3n) is 3.16. The second-order valence-corrected chi connectivity index (χ2v) is 4.42. The zero-order valence-corrected chi connectivity index (χ0v) is 9.73. The van der Waals surface area contributed by atoms with Crippen LogP contribution in [0.5, 0.6) is 0 Å². The van der Waals surface area contributed by atoms with E-state index in [0.717, 1.165) is 25.1 Å². The van der Waals surface area contributed by atoms with Crippen LogP contribution >= 0.6 is 0 Å². The van der Waals surface area contributed by atoms with Crippen LogP contribution in [0.15, 0.2) is 24.3 Å². The van der Waals surface area contributed by atoms with Crippen molar-refractivity contribution in [3.63, 3.8) is 0 Å². The van der Waals surface area contributed by atoms with Crippen molar-refractivity contribution < 1.29 is 14.2 Å². The summed E-state index contributed by atoms with van der Waals surface area (Å²) in [6, 6.07) is 6.16. The van der Waals surface area contributed by atoms with Crippen LogP contribution in [0.1, 0.15) is 12.8 Å². The third-order valence-corrected chi connectivity index (χ3v) is 3.16. The molecule has 1 aromatic rings. The lowest BCUT2D eigenvalue weighted by Gasteiger charge is -2.30. The number of halogens is 1. The summed E-state index contributed by atoms with van der Waals surface area (Å²) in [4.78, 5) is 0. The Balaban J connectivity index is 1.96. The second-order valence-electron chi connectivity index (χ2n) is 4.42. The first kappa shape index (κ1) is 12.3. The first-order valence-corrected chi connectivity index (χ1v) is 6.00. The average molecular weight is 239 g/mol. The van der Waals surface area contributed by atoms with Gasteiger partial charge in [-0.15, -0.1) is 0 Å². The van der Waals surface area contributed by atoms with Crippen LogP contribution < -0.4 is 5.32 Å². The minimum Gasteiger partial charge on any atom is -0.394 e. The van der Waals surface area contributed by atoms with Gasteiger partial charge in [0, 0.05) is 18.2 Å². The molecule has 2 unspecified atom stereocenters. The van der Waals surface area contributed by atoms with Gasteiger partial charge in [-0.1, -0.05) is 0 Å². The van der Waals surface area contributed by atoms with E-state index in [1.807, 2.05) is 0 Å². The number of rotatable bonds is 4. The van der Waals surface area contributed by atoms with Gasteiger partial charge in [-0.2, -0.15) is 0 Å². The topological polar surface area (TPSA) is 41.5 Å². The van der Waals surface area contributed by atoms with E-state index in [9.17, 15) is 9.50 Å². The molecular formula is C13H18FNO2. The van der Waals surface area contributed by atoms with Crippen molar-refractivity contribution in [3.05, 3.63) is 30.1 Å². The molecule has 1 aromatic carbocycles. The number of hydrogen-bond acceptors (Lipinski definition) is 3. The number of hydrogen-bond donors (Lipinski definition) is 2. The Kier molecular flexibility index (Phi) is 4.34. The van der Waals surface area contributed by atoms with Crippen molar-refractivity contribution in [2.24, 2.45) is 5.92 Å². The summed E-state index contributed by atoms with van der Waals surface area (Å²) in [7, 11) is 0. The van der Waals surface area contributed by atoms with E-state index >= 15 is 0 Å². The smallest absolute Gasteiger partial charge is 0.123 e. The lowest BCUT2D eigenvalue weighted by Crippen LogP contribution is -2.37. The summed E-state index contributed by atoms with van der Waals surface area (Å²) in [5, 5.41) is 12.6. The van der Waals surface area contributed by atoms with Crippen LogP contribution in [-0.4, -0.2) is 31.0 Å². The molecule has 1 heterocycles. The van der Waals surface area contributed by atoms with Crippen molar-refractivity contribution >= 4 is 5.69 Å². The molecule has 2 N–H and O–H groups in total. The predicted molar refractivity (Wildman–Crippen MR) is 64.4 cm³/mol. The third kappa shape index (κ3) is 3.41. The minimum absolute atomic E-state index is 0.0271. The van der Waals surface area contributed by atoms with Crippen molar-refractivity contribution in [2.45, 2.75) is 18.9 Å². The highest BCUT2D eigenvalue weighted by Gasteiger charge is 2.23. The summed E-state index contributed by atoms with van der Waals surface area (Å²) < 4.78 is 18.2. The molecule has 94 valence electrons. The molecule has 2 atom stereocenters. The van der Waals surface area contributed by atoms with E-state index < -0.39 is 0 Å². The van der Waals surface area contributed by atoms with Crippen molar-refractivity contribution in [2.75, 3.05) is 25.1 Å². The number of anilines is 1. The van der Waals surface area contributed by atoms with Gasteiger partial charge in [0.05, 0.1) is 19.3 Å². The first-order chi connectivity index (χ1) is 8.29. The van der Waals surface area contributed by atoms with Crippen molar-refractivity contribution in [1.82, 2.24) is 0 Å². The van der Waals surface area contributed by atoms with Gasteiger partial charge in [0.25, 0.3) is 0 Å². The maximum absolute atomic E-state index is 12.8. The Labute approximate surface area is 101 Å². The van der Waals surface area contributed by atoms with E-state index in [-0.39, 0.29) is 18.5 Å². The van der Waals surface area contributed by atoms with Gasteiger partial charge in [0.2, 0.25) is 0 Å². The lowest BCUT2D eigenvalue weighted by atomic mass is 9.94. The number of ether oxygens (including phenoxy) is 1. The van der Waals surface area contributed by atoms with Crippen molar-refractivity contribution in [3.8, 4) is 0 Å². The molecule has 0 bridgehead atoms. The van der Waals surface area contributed by atoms with E-state index in [1.54, 1.807) is 12.1 Å². The van der Waals surface area contributed by atoms with Crippen LogP contribution in [0.2, 0.25) is 0 Å². The molecular weight excluding hydrogens is 221 g/mol. The Morgan fingerprint density at radius 1 is 1.41 bits per heavy atom. The molecule has 0 radical (unpaired) electrons. The molecule has 0 spiro atoms. The fourth-order valence-corrected chi connectivity index (χ4v) is 2.16. The van der Waals surface area contributed by atoms with Gasteiger partial charge in [-0.25, -0.2) is 4.39 Å². The van der Waals surface area contributed by atoms with Gasteiger partial charge in [-0.05, 0) is 37.1 Å². The Hall–Kier alpha value is -1.13. The van der Waals surface area contributed by atoms with Crippen molar-refractivity contribution in [1.29, 1.82) is 0 Å². The van der Waals surface area contributed by atoms with Crippen LogP contribution in [0.4, 0.5) is 10.1 Å². The van der Waals surface area contributed by atoms with Crippen LogP contribution in [0.25, 0.3) is 0 Å². The summed E-state index contributed by atoms with van der Waals surface area (Å²) >= 11 is 0. The molecule has 0 aliphatic carbocycles. The summed E-state index contributed by atoms with van der Waals surface area (Å²) in [5.41, 5.74) is 0.830. The highest BCUT2D eigenvalue weighted by atomic mass is 19.1. The molecule has 1 fully saturated rings. The van der Waals surface area contributed by atoms with Crippen LogP contribution in [0.3, 0.4) is 0 Å². The zero-order valence-electron chi connectivity index (χ0n) is 9.73. The van der Waals surface area contributed by atoms with E-state index in [4.69, 9.17) is 4.74 Å². The SMILES string of the molecule is OCC(Nc1ccc(F)cc1)C1CCCOC1. The summed E-state index contributed by atoms with van der Waals surface area (Å²) in [5.74, 6) is 0.0656. The van der Waals surface area contributed by atoms with Gasteiger partial charge in [-0.3, -0.25) is 0 Å². The van der Waals surface area contributed by atoms with Gasteiger partial charge >= 0.3 is 0 Å². The van der Waals surface area contributed by atoms with E-state index in [1.165, 1.54) is 12.1 Å². The molecule has 0 saturated carbocycles. The number of nitrogens with one attached hydrogen (secondary N) is 1. The molecule has 0 amide bonds. The van der Waals surface area contributed by atoms with Gasteiger partial charge in [0.15, 0.2) is 0 Å². The quantitative estimate of drug-likeness (QED) is 0.844. The largest absolute Gasteiger partial charge is 0.394 e. The standard InChI is InChI=1S/C13H18FNO2/c14-11-3-5-12(6-4-11)15-13(8-16)10-2-1-7-17-9-10/h3-6,10,13,15-16H,1-2,7-9H2. The maximum atomic E-state index is 12.8. The van der Waals surface area contributed by atoms with Gasteiger partial charge < -0.3 is 15.2 Å². The highest BCUT2D eigenvalue weighted by molar-refractivity contribution is 5.44. The van der Waals surface area contributed by atoms with Crippen LogP contribution in [-0.2, 0) is 4.74 Å². The summed E-state index contributed by atoms with van der Waals surface area (Å²) in [6.45, 7) is 1.55. The predicted octanol–water partition coefficient (Wildman–Crippen LogP) is 2.03. The number of aliphatic hydroxyl groups is 1. The monoisotopic (exact) mass is 239 g/mol. The average Bonchev–Trinajstić information content (AvgIpc) is 2.39. The molecule has 1 aliphatic heterocycles. The van der Waals surface area contributed by atoms with E-state index in [0.29, 0.717) is 12.5 Å². The maximum Gasteiger partial charge on any atom is 0.123 e. The second kappa shape index (κ2) is 5.98. The lowest BCUT2D eigenvalue weighted by molar-refractivity contribution is 0.0392. The van der Waals surface area contributed by atoms with E-state index in [2.05, 4.69) is 5.32 Å². The molecule has 17 heavy (non-hydrogen) atoms. The highest BCUT2D eigenvalue weighted by Crippen LogP contribution is 2.21. The molecule has 4 heteroatoms. The molecule has 1 aliphatic rings. The molecule has 3 nitrogen and oxygen atoms in total. The first-order valence-electron chi connectivity index (χ1n) is 6.00. The molecule has 1 saturated heterocycles. The number of aliphatic hydroxyl groups excluding tert-OH is 1. The summed E-state index contributed by atoms with van der Waals surface area (Å²) in [6.07, 6.45) is 2.09. The normalized spacial score (nSPS) is 22.1. The Morgan fingerprint density at radius 3 is 2.76 bits per heavy atom. The minimum atomic E-state index is -0.253. The zero-order chi connectivity index (χ0) is 12.1. The molecule has 2 rings (SSSR count). The number of benzene rings is 1. The Bertz CT molecular complexity index is 336. The van der Waals surface area contributed by atoms with Crippen LogP contribution in [0, 0.1) is 11.7 Å². The fourth-order valence-electron chi connectivity index (χ4n) is 2.16. The van der Waals surface area contributed by atoms with Gasteiger partial charge in [0.1, 0.15) is 5.82 Å². The molecule has 0 aromatic heterocycles. The fraction of sp³-hybridized carbons (Fsp3) is 0.538.